The molecule has 0 saturated heterocycles. The van der Waals surface area contributed by atoms with Gasteiger partial charge in [0.05, 0.1) is 11.4 Å². The molecule has 1 nitrogen and oxygen atoms in total. The maximum atomic E-state index is 12.8. The molecule has 0 unspecified atom stereocenters. The third-order valence-corrected chi connectivity index (χ3v) is 5.29. The Labute approximate surface area is 135 Å². The number of hydrogen-bond donors (Lipinski definition) is 1. The summed E-state index contributed by atoms with van der Waals surface area (Å²) in [5, 5.41) is 3.32. The lowest BCUT2D eigenvalue weighted by molar-refractivity contribution is -0.0328. The summed E-state index contributed by atoms with van der Waals surface area (Å²) in [6.07, 6.45) is 1.42. The predicted molar refractivity (Wildman–Crippen MR) is 86.2 cm³/mol. The number of benzene rings is 2. The van der Waals surface area contributed by atoms with Crippen molar-refractivity contribution in [3.63, 3.8) is 0 Å². The molecular formula is C16H14F3NS2. The summed E-state index contributed by atoms with van der Waals surface area (Å²) in [7, 11) is 0. The number of anilines is 2. The first-order valence-electron chi connectivity index (χ1n) is 6.93. The first-order chi connectivity index (χ1) is 10.5. The summed E-state index contributed by atoms with van der Waals surface area (Å²) in [4.78, 5) is 2.36. The van der Waals surface area contributed by atoms with Crippen LogP contribution in [0.25, 0.3) is 0 Å². The largest absolute Gasteiger partial charge is 0.446 e. The molecule has 1 aliphatic rings. The Bertz CT molecular complexity index is 698. The van der Waals surface area contributed by atoms with Crippen molar-refractivity contribution in [1.29, 1.82) is 0 Å². The van der Waals surface area contributed by atoms with Gasteiger partial charge in [-0.25, -0.2) is 0 Å². The molecule has 0 radical (unpaired) electrons. The van der Waals surface area contributed by atoms with Crippen molar-refractivity contribution in [2.24, 2.45) is 0 Å². The van der Waals surface area contributed by atoms with Gasteiger partial charge in [0.2, 0.25) is 0 Å². The standard InChI is InChI=1S/C16H14F3NS2/c1-2-5-10-12(22-16(17,18)19)8-9-14-15(10)20-11-6-3-4-7-13(11)21-14/h3-4,6-9,20H,2,5H2,1H3. The maximum absolute atomic E-state index is 12.8. The van der Waals surface area contributed by atoms with Gasteiger partial charge in [-0.1, -0.05) is 37.2 Å². The van der Waals surface area contributed by atoms with Gasteiger partial charge in [-0.15, -0.1) is 0 Å². The Morgan fingerprint density at radius 1 is 1.09 bits per heavy atom. The van der Waals surface area contributed by atoms with E-state index in [1.54, 1.807) is 23.9 Å². The number of nitrogens with one attached hydrogen (secondary N) is 1. The molecular weight excluding hydrogens is 327 g/mol. The quantitative estimate of drug-likeness (QED) is 0.549. The van der Waals surface area contributed by atoms with Crippen LogP contribution in [0.2, 0.25) is 0 Å². The number of thioether (sulfide) groups is 1. The Morgan fingerprint density at radius 3 is 2.59 bits per heavy atom. The maximum Gasteiger partial charge on any atom is 0.446 e. The van der Waals surface area contributed by atoms with E-state index >= 15 is 0 Å². The number of para-hydroxylation sites is 1. The van der Waals surface area contributed by atoms with Gasteiger partial charge in [0.1, 0.15) is 0 Å². The molecule has 0 spiro atoms. The average Bonchev–Trinajstić information content (AvgIpc) is 2.46. The summed E-state index contributed by atoms with van der Waals surface area (Å²) in [6.45, 7) is 1.98. The Morgan fingerprint density at radius 2 is 1.86 bits per heavy atom. The van der Waals surface area contributed by atoms with Gasteiger partial charge in [0.15, 0.2) is 0 Å². The van der Waals surface area contributed by atoms with Crippen LogP contribution in [0.3, 0.4) is 0 Å². The van der Waals surface area contributed by atoms with Crippen molar-refractivity contribution in [2.75, 3.05) is 5.32 Å². The van der Waals surface area contributed by atoms with E-state index in [0.717, 1.165) is 33.2 Å². The molecule has 0 fully saturated rings. The third-order valence-electron chi connectivity index (χ3n) is 3.32. The van der Waals surface area contributed by atoms with E-state index in [9.17, 15) is 13.2 Å². The van der Waals surface area contributed by atoms with Gasteiger partial charge in [-0.2, -0.15) is 13.2 Å². The molecule has 116 valence electrons. The number of rotatable bonds is 3. The van der Waals surface area contributed by atoms with Gasteiger partial charge >= 0.3 is 5.51 Å². The normalized spacial score (nSPS) is 13.3. The molecule has 3 rings (SSSR count). The third kappa shape index (κ3) is 3.22. The average molecular weight is 341 g/mol. The van der Waals surface area contributed by atoms with Crippen molar-refractivity contribution in [3.8, 4) is 0 Å². The minimum absolute atomic E-state index is 0.0278. The van der Waals surface area contributed by atoms with Crippen LogP contribution < -0.4 is 5.32 Å². The molecule has 1 N–H and O–H groups in total. The highest BCUT2D eigenvalue weighted by molar-refractivity contribution is 8.00. The highest BCUT2D eigenvalue weighted by atomic mass is 32.2. The van der Waals surface area contributed by atoms with Crippen LogP contribution in [0.5, 0.6) is 0 Å². The molecule has 0 atom stereocenters. The second kappa shape index (κ2) is 6.08. The molecule has 0 bridgehead atoms. The summed E-state index contributed by atoms with van der Waals surface area (Å²) in [5.74, 6) is 0. The lowest BCUT2D eigenvalue weighted by atomic mass is 10.1. The van der Waals surface area contributed by atoms with Gasteiger partial charge in [0, 0.05) is 14.7 Å². The molecule has 2 aromatic rings. The van der Waals surface area contributed by atoms with Gasteiger partial charge in [-0.3, -0.25) is 0 Å². The van der Waals surface area contributed by atoms with Crippen LogP contribution in [0, 0.1) is 0 Å². The van der Waals surface area contributed by atoms with Crippen molar-refractivity contribution in [3.05, 3.63) is 42.0 Å². The number of hydrogen-bond acceptors (Lipinski definition) is 3. The first-order valence-corrected chi connectivity index (χ1v) is 8.57. The van der Waals surface area contributed by atoms with E-state index in [2.05, 4.69) is 5.32 Å². The van der Waals surface area contributed by atoms with Crippen LogP contribution in [0.4, 0.5) is 24.5 Å². The van der Waals surface area contributed by atoms with Crippen molar-refractivity contribution in [2.45, 2.75) is 40.0 Å². The summed E-state index contributed by atoms with van der Waals surface area (Å²) < 4.78 is 38.3. The van der Waals surface area contributed by atoms with Crippen LogP contribution in [-0.4, -0.2) is 5.51 Å². The minimum Gasteiger partial charge on any atom is -0.353 e. The van der Waals surface area contributed by atoms with E-state index in [-0.39, 0.29) is 11.8 Å². The second-order valence-electron chi connectivity index (χ2n) is 4.94. The van der Waals surface area contributed by atoms with Gasteiger partial charge < -0.3 is 5.32 Å². The van der Waals surface area contributed by atoms with Gasteiger partial charge in [0.25, 0.3) is 0 Å². The highest BCUT2D eigenvalue weighted by Gasteiger charge is 2.31. The Hall–Kier alpha value is -1.27. The Balaban J connectivity index is 2.05. The van der Waals surface area contributed by atoms with Gasteiger partial charge in [-0.05, 0) is 48.0 Å². The smallest absolute Gasteiger partial charge is 0.353 e. The molecule has 1 aliphatic heterocycles. The highest BCUT2D eigenvalue weighted by Crippen LogP contribution is 2.49. The molecule has 1 heterocycles. The zero-order valence-corrected chi connectivity index (χ0v) is 13.5. The summed E-state index contributed by atoms with van der Waals surface area (Å²) in [6, 6.07) is 11.2. The molecule has 6 heteroatoms. The van der Waals surface area contributed by atoms with Crippen molar-refractivity contribution < 1.29 is 13.2 Å². The monoisotopic (exact) mass is 341 g/mol. The second-order valence-corrected chi connectivity index (χ2v) is 7.13. The first kappa shape index (κ1) is 15.6. The molecule has 0 aliphatic carbocycles. The molecule has 22 heavy (non-hydrogen) atoms. The van der Waals surface area contributed by atoms with Crippen LogP contribution in [-0.2, 0) is 6.42 Å². The van der Waals surface area contributed by atoms with Crippen molar-refractivity contribution >= 4 is 34.9 Å². The molecule has 2 aromatic carbocycles. The van der Waals surface area contributed by atoms with E-state index < -0.39 is 5.51 Å². The molecule has 0 amide bonds. The van der Waals surface area contributed by atoms with Crippen LogP contribution in [0.1, 0.15) is 18.9 Å². The summed E-state index contributed by atoms with van der Waals surface area (Å²) >= 11 is 1.57. The fourth-order valence-corrected chi connectivity index (χ4v) is 4.20. The lowest BCUT2D eigenvalue weighted by Gasteiger charge is -2.25. The number of halogens is 3. The van der Waals surface area contributed by atoms with E-state index in [1.165, 1.54) is 0 Å². The SMILES string of the molecule is CCCc1c(SC(F)(F)F)ccc2c1Nc1ccccc1S2. The van der Waals surface area contributed by atoms with Crippen LogP contribution >= 0.6 is 23.5 Å². The Kier molecular flexibility index (Phi) is 4.32. The molecule has 0 aromatic heterocycles. The van der Waals surface area contributed by atoms with E-state index in [0.29, 0.717) is 11.3 Å². The lowest BCUT2D eigenvalue weighted by Crippen LogP contribution is -2.07. The van der Waals surface area contributed by atoms with Crippen LogP contribution in [0.15, 0.2) is 51.1 Å². The molecule has 0 saturated carbocycles. The number of fused-ring (bicyclic) bond motifs is 2. The van der Waals surface area contributed by atoms with Crippen molar-refractivity contribution in [1.82, 2.24) is 0 Å². The number of alkyl halides is 3. The summed E-state index contributed by atoms with van der Waals surface area (Å²) in [5.41, 5.74) is -1.74. The zero-order chi connectivity index (χ0) is 15.7. The predicted octanol–water partition coefficient (Wildman–Crippen LogP) is 6.46. The van der Waals surface area contributed by atoms with E-state index in [4.69, 9.17) is 0 Å². The fourth-order valence-electron chi connectivity index (χ4n) is 2.46. The van der Waals surface area contributed by atoms with E-state index in [1.807, 2.05) is 31.2 Å². The topological polar surface area (TPSA) is 12.0 Å². The fraction of sp³-hybridized carbons (Fsp3) is 0.250. The minimum atomic E-state index is -4.27. The zero-order valence-electron chi connectivity index (χ0n) is 11.8.